The summed E-state index contributed by atoms with van der Waals surface area (Å²) in [5.74, 6) is 0.167. The SMILES string of the molecule is CCCCCOc1ccc(C(=O)CCC(=O)OCc2ccc(S(=O)(=O)N(C)C)o2)cc1. The third-order valence-electron chi connectivity index (χ3n) is 4.50. The van der Waals surface area contributed by atoms with Gasteiger partial charge >= 0.3 is 5.97 Å². The number of furan rings is 1. The predicted octanol–water partition coefficient (Wildman–Crippen LogP) is 3.81. The van der Waals surface area contributed by atoms with Gasteiger partial charge in [0.25, 0.3) is 10.0 Å². The highest BCUT2D eigenvalue weighted by atomic mass is 32.2. The normalized spacial score (nSPS) is 11.5. The first-order valence-corrected chi connectivity index (χ1v) is 11.6. The van der Waals surface area contributed by atoms with Crippen molar-refractivity contribution in [3.05, 3.63) is 47.7 Å². The number of esters is 1. The van der Waals surface area contributed by atoms with Gasteiger partial charge in [-0.1, -0.05) is 19.8 Å². The Kier molecular flexibility index (Phi) is 9.26. The fourth-order valence-electron chi connectivity index (χ4n) is 2.62. The lowest BCUT2D eigenvalue weighted by molar-refractivity contribution is -0.145. The molecule has 1 aromatic heterocycles. The lowest BCUT2D eigenvalue weighted by Crippen LogP contribution is -2.21. The summed E-state index contributed by atoms with van der Waals surface area (Å²) in [5.41, 5.74) is 0.498. The van der Waals surface area contributed by atoms with Crippen molar-refractivity contribution in [2.45, 2.75) is 50.7 Å². The van der Waals surface area contributed by atoms with Crippen LogP contribution < -0.4 is 4.74 Å². The molecule has 0 N–H and O–H groups in total. The second-order valence-corrected chi connectivity index (χ2v) is 9.25. The molecule has 0 aliphatic rings. The number of benzene rings is 1. The number of carbonyl (C=O) groups excluding carboxylic acids is 2. The molecule has 0 fully saturated rings. The minimum absolute atomic E-state index is 0.00789. The molecule has 0 spiro atoms. The van der Waals surface area contributed by atoms with Crippen molar-refractivity contribution in [1.29, 1.82) is 0 Å². The van der Waals surface area contributed by atoms with E-state index in [1.807, 2.05) is 0 Å². The van der Waals surface area contributed by atoms with Crippen LogP contribution in [0.3, 0.4) is 0 Å². The summed E-state index contributed by atoms with van der Waals surface area (Å²) in [5, 5.41) is -0.225. The van der Waals surface area contributed by atoms with Crippen LogP contribution in [0.15, 0.2) is 45.9 Å². The number of sulfonamides is 1. The molecule has 0 atom stereocenters. The van der Waals surface area contributed by atoms with Crippen LogP contribution in [0.2, 0.25) is 0 Å². The number of carbonyl (C=O) groups is 2. The van der Waals surface area contributed by atoms with Crippen LogP contribution >= 0.6 is 0 Å². The van der Waals surface area contributed by atoms with Gasteiger partial charge in [0.05, 0.1) is 13.0 Å². The number of rotatable bonds is 13. The highest BCUT2D eigenvalue weighted by Crippen LogP contribution is 2.18. The van der Waals surface area contributed by atoms with E-state index in [4.69, 9.17) is 13.9 Å². The van der Waals surface area contributed by atoms with Gasteiger partial charge in [-0.25, -0.2) is 12.7 Å². The van der Waals surface area contributed by atoms with Gasteiger partial charge < -0.3 is 13.9 Å². The third-order valence-corrected chi connectivity index (χ3v) is 6.19. The summed E-state index contributed by atoms with van der Waals surface area (Å²) in [6.07, 6.45) is 3.15. The molecule has 170 valence electrons. The number of ether oxygens (including phenoxy) is 2. The maximum absolute atomic E-state index is 12.3. The topological polar surface area (TPSA) is 103 Å². The number of hydrogen-bond acceptors (Lipinski definition) is 7. The van der Waals surface area contributed by atoms with Crippen molar-refractivity contribution in [2.75, 3.05) is 20.7 Å². The zero-order valence-electron chi connectivity index (χ0n) is 18.1. The molecule has 2 rings (SSSR count). The third kappa shape index (κ3) is 7.52. The van der Waals surface area contributed by atoms with E-state index < -0.39 is 16.0 Å². The van der Waals surface area contributed by atoms with E-state index in [-0.39, 0.29) is 36.1 Å². The van der Waals surface area contributed by atoms with Gasteiger partial charge in [-0.05, 0) is 42.8 Å². The van der Waals surface area contributed by atoms with Crippen molar-refractivity contribution in [3.8, 4) is 5.75 Å². The van der Waals surface area contributed by atoms with E-state index in [9.17, 15) is 18.0 Å². The molecule has 9 heteroatoms. The molecule has 0 unspecified atom stereocenters. The molecule has 0 aliphatic heterocycles. The maximum atomic E-state index is 12.3. The van der Waals surface area contributed by atoms with Gasteiger partial charge in [0.15, 0.2) is 5.78 Å². The Morgan fingerprint density at radius 3 is 2.35 bits per heavy atom. The maximum Gasteiger partial charge on any atom is 0.306 e. The summed E-state index contributed by atoms with van der Waals surface area (Å²) in [4.78, 5) is 24.2. The summed E-state index contributed by atoms with van der Waals surface area (Å²) in [7, 11) is -0.902. The highest BCUT2D eigenvalue weighted by molar-refractivity contribution is 7.88. The van der Waals surface area contributed by atoms with Crippen LogP contribution in [-0.4, -0.2) is 45.2 Å². The van der Waals surface area contributed by atoms with E-state index in [0.29, 0.717) is 17.9 Å². The average molecular weight is 452 g/mol. The van der Waals surface area contributed by atoms with Gasteiger partial charge in [-0.2, -0.15) is 0 Å². The molecular weight excluding hydrogens is 422 g/mol. The van der Waals surface area contributed by atoms with Crippen LogP contribution in [0.25, 0.3) is 0 Å². The largest absolute Gasteiger partial charge is 0.494 e. The lowest BCUT2D eigenvalue weighted by Gasteiger charge is -2.08. The number of unbranched alkanes of at least 4 members (excludes halogenated alkanes) is 2. The Morgan fingerprint density at radius 2 is 1.71 bits per heavy atom. The smallest absolute Gasteiger partial charge is 0.306 e. The van der Waals surface area contributed by atoms with Gasteiger partial charge in [-0.15, -0.1) is 0 Å². The molecule has 0 bridgehead atoms. The van der Waals surface area contributed by atoms with Crippen molar-refractivity contribution < 1.29 is 31.9 Å². The minimum Gasteiger partial charge on any atom is -0.494 e. The summed E-state index contributed by atoms with van der Waals surface area (Å²) in [6.45, 7) is 2.56. The molecule has 8 nitrogen and oxygen atoms in total. The summed E-state index contributed by atoms with van der Waals surface area (Å²) < 4.78 is 40.9. The van der Waals surface area contributed by atoms with Gasteiger partial charge in [0.2, 0.25) is 5.09 Å². The first-order chi connectivity index (χ1) is 14.7. The first-order valence-electron chi connectivity index (χ1n) is 10.2. The van der Waals surface area contributed by atoms with Crippen LogP contribution in [-0.2, 0) is 26.2 Å². The molecule has 31 heavy (non-hydrogen) atoms. The summed E-state index contributed by atoms with van der Waals surface area (Å²) in [6, 6.07) is 9.58. The quantitative estimate of drug-likeness (QED) is 0.259. The molecular formula is C22H29NO7S. The molecule has 1 heterocycles. The first kappa shape index (κ1) is 24.6. The number of hydrogen-bond donors (Lipinski definition) is 0. The Bertz CT molecular complexity index is 962. The Labute approximate surface area is 183 Å². The zero-order chi connectivity index (χ0) is 22.9. The molecule has 0 saturated heterocycles. The predicted molar refractivity (Wildman–Crippen MR) is 114 cm³/mol. The van der Waals surface area contributed by atoms with E-state index in [2.05, 4.69) is 6.92 Å². The number of Topliss-reactive ketones (excluding diaryl/α,β-unsaturated/α-hetero) is 1. The second-order valence-electron chi connectivity index (χ2n) is 7.17. The lowest BCUT2D eigenvalue weighted by atomic mass is 10.1. The van der Waals surface area contributed by atoms with Gasteiger partial charge in [0.1, 0.15) is 18.1 Å². The fourth-order valence-corrected chi connectivity index (χ4v) is 3.43. The van der Waals surface area contributed by atoms with Crippen molar-refractivity contribution in [3.63, 3.8) is 0 Å². The van der Waals surface area contributed by atoms with E-state index >= 15 is 0 Å². The van der Waals surface area contributed by atoms with Gasteiger partial charge in [0, 0.05) is 26.1 Å². The van der Waals surface area contributed by atoms with Crippen LogP contribution in [0.5, 0.6) is 5.75 Å². The standard InChI is InChI=1S/C22H29NO7S/c1-4-5-6-15-28-18-9-7-17(8-10-18)20(24)12-13-21(25)29-16-19-11-14-22(30-19)31(26,27)23(2)3/h7-11,14H,4-6,12-13,15-16H2,1-3H3. The molecule has 2 aromatic rings. The zero-order valence-corrected chi connectivity index (χ0v) is 18.9. The second kappa shape index (κ2) is 11.7. The number of ketones is 1. The van der Waals surface area contributed by atoms with Crippen molar-refractivity contribution in [1.82, 2.24) is 4.31 Å². The van der Waals surface area contributed by atoms with Gasteiger partial charge in [-0.3, -0.25) is 9.59 Å². The van der Waals surface area contributed by atoms with Crippen LogP contribution in [0.4, 0.5) is 0 Å². The van der Waals surface area contributed by atoms with E-state index in [1.54, 1.807) is 24.3 Å². The minimum atomic E-state index is -3.69. The summed E-state index contributed by atoms with van der Waals surface area (Å²) >= 11 is 0. The molecule has 0 radical (unpaired) electrons. The Balaban J connectivity index is 1.76. The Morgan fingerprint density at radius 1 is 1.00 bits per heavy atom. The number of nitrogens with zero attached hydrogens (tertiary/aromatic N) is 1. The molecule has 0 aliphatic carbocycles. The Hall–Kier alpha value is -2.65. The van der Waals surface area contributed by atoms with E-state index in [1.165, 1.54) is 26.2 Å². The monoisotopic (exact) mass is 451 g/mol. The van der Waals surface area contributed by atoms with Crippen molar-refractivity contribution >= 4 is 21.8 Å². The highest BCUT2D eigenvalue weighted by Gasteiger charge is 2.21. The average Bonchev–Trinajstić information content (AvgIpc) is 3.24. The van der Waals surface area contributed by atoms with Crippen molar-refractivity contribution in [2.24, 2.45) is 0 Å². The molecule has 0 amide bonds. The van der Waals surface area contributed by atoms with E-state index in [0.717, 1.165) is 23.6 Å². The molecule has 1 aromatic carbocycles. The van der Waals surface area contributed by atoms with Crippen LogP contribution in [0.1, 0.15) is 55.1 Å². The van der Waals surface area contributed by atoms with Crippen LogP contribution in [0, 0.1) is 0 Å². The molecule has 0 saturated carbocycles. The fraction of sp³-hybridized carbons (Fsp3) is 0.455.